The SMILES string of the molecule is CCS(=O)(=O)C1CSCCN1c1cc(F)cc(CNC)c1. The minimum Gasteiger partial charge on any atom is -0.353 e. The molecule has 4 nitrogen and oxygen atoms in total. The molecule has 2 rings (SSSR count). The van der Waals surface area contributed by atoms with Crippen molar-refractivity contribution in [2.45, 2.75) is 18.8 Å². The molecule has 1 saturated heterocycles. The minimum absolute atomic E-state index is 0.105. The molecule has 1 heterocycles. The normalized spacial score (nSPS) is 19.8. The monoisotopic (exact) mass is 332 g/mol. The summed E-state index contributed by atoms with van der Waals surface area (Å²) in [6.45, 7) is 2.83. The smallest absolute Gasteiger partial charge is 0.171 e. The molecule has 1 atom stereocenters. The molecule has 1 unspecified atom stereocenters. The van der Waals surface area contributed by atoms with Crippen LogP contribution in [0.15, 0.2) is 18.2 Å². The van der Waals surface area contributed by atoms with E-state index in [9.17, 15) is 12.8 Å². The van der Waals surface area contributed by atoms with Gasteiger partial charge in [-0.2, -0.15) is 11.8 Å². The van der Waals surface area contributed by atoms with E-state index in [-0.39, 0.29) is 11.6 Å². The van der Waals surface area contributed by atoms with Gasteiger partial charge in [0.2, 0.25) is 0 Å². The molecule has 1 aromatic carbocycles. The molecule has 0 saturated carbocycles. The van der Waals surface area contributed by atoms with Gasteiger partial charge in [-0.15, -0.1) is 0 Å². The van der Waals surface area contributed by atoms with Gasteiger partial charge in [0.05, 0.1) is 0 Å². The van der Waals surface area contributed by atoms with E-state index in [1.807, 2.05) is 11.0 Å². The predicted molar refractivity (Wildman–Crippen MR) is 87.1 cm³/mol. The number of hydrogen-bond acceptors (Lipinski definition) is 5. The van der Waals surface area contributed by atoms with Crippen LogP contribution in [0.5, 0.6) is 0 Å². The largest absolute Gasteiger partial charge is 0.353 e. The van der Waals surface area contributed by atoms with Crippen LogP contribution in [0, 0.1) is 5.82 Å². The molecule has 0 aromatic heterocycles. The van der Waals surface area contributed by atoms with Gasteiger partial charge in [-0.25, -0.2) is 12.8 Å². The van der Waals surface area contributed by atoms with Crippen LogP contribution in [0.25, 0.3) is 0 Å². The van der Waals surface area contributed by atoms with Crippen molar-refractivity contribution in [1.82, 2.24) is 5.32 Å². The van der Waals surface area contributed by atoms with E-state index >= 15 is 0 Å². The van der Waals surface area contributed by atoms with E-state index < -0.39 is 15.2 Å². The molecule has 1 N–H and O–H groups in total. The van der Waals surface area contributed by atoms with Crippen molar-refractivity contribution >= 4 is 27.3 Å². The zero-order chi connectivity index (χ0) is 15.5. The first-order valence-electron chi connectivity index (χ1n) is 6.98. The second-order valence-corrected chi connectivity index (χ2v) is 8.62. The fourth-order valence-electron chi connectivity index (χ4n) is 2.47. The van der Waals surface area contributed by atoms with Crippen molar-refractivity contribution in [3.8, 4) is 0 Å². The average molecular weight is 332 g/mol. The molecule has 1 aliphatic rings. The Kier molecular flexibility index (Phi) is 5.51. The van der Waals surface area contributed by atoms with E-state index in [1.165, 1.54) is 12.1 Å². The van der Waals surface area contributed by atoms with Crippen molar-refractivity contribution < 1.29 is 12.8 Å². The van der Waals surface area contributed by atoms with E-state index in [0.717, 1.165) is 11.3 Å². The molecular weight excluding hydrogens is 311 g/mol. The van der Waals surface area contributed by atoms with E-state index in [1.54, 1.807) is 25.7 Å². The van der Waals surface area contributed by atoms with Gasteiger partial charge in [0.15, 0.2) is 9.84 Å². The third-order valence-electron chi connectivity index (χ3n) is 3.56. The summed E-state index contributed by atoms with van der Waals surface area (Å²) in [7, 11) is -1.39. The first-order chi connectivity index (χ1) is 9.97. The highest BCUT2D eigenvalue weighted by Gasteiger charge is 2.33. The minimum atomic E-state index is -3.19. The van der Waals surface area contributed by atoms with Gasteiger partial charge >= 0.3 is 0 Å². The standard InChI is InChI=1S/C14H21FN2O2S2/c1-3-21(18,19)14-10-20-5-4-17(14)13-7-11(9-16-2)6-12(15)8-13/h6-8,14,16H,3-5,9-10H2,1-2H3. The van der Waals surface area contributed by atoms with Gasteiger partial charge in [0.25, 0.3) is 0 Å². The quantitative estimate of drug-likeness (QED) is 0.892. The Balaban J connectivity index is 2.37. The summed E-state index contributed by atoms with van der Waals surface area (Å²) < 4.78 is 38.3. The summed E-state index contributed by atoms with van der Waals surface area (Å²) in [4.78, 5) is 1.83. The van der Waals surface area contributed by atoms with Gasteiger partial charge < -0.3 is 10.2 Å². The van der Waals surface area contributed by atoms with Crippen molar-refractivity contribution in [2.75, 3.05) is 35.8 Å². The van der Waals surface area contributed by atoms with Crippen LogP contribution in [0.1, 0.15) is 12.5 Å². The van der Waals surface area contributed by atoms with Gasteiger partial charge in [-0.1, -0.05) is 6.92 Å². The van der Waals surface area contributed by atoms with Crippen molar-refractivity contribution in [3.63, 3.8) is 0 Å². The summed E-state index contributed by atoms with van der Waals surface area (Å²) in [6.07, 6.45) is 0. The maximum atomic E-state index is 13.8. The van der Waals surface area contributed by atoms with Gasteiger partial charge in [-0.05, 0) is 30.8 Å². The number of rotatable bonds is 5. The predicted octanol–water partition coefficient (Wildman–Crippen LogP) is 1.86. The number of hydrogen-bond donors (Lipinski definition) is 1. The third-order valence-corrected chi connectivity index (χ3v) is 6.85. The molecule has 0 amide bonds. The van der Waals surface area contributed by atoms with E-state index in [0.29, 0.717) is 24.5 Å². The summed E-state index contributed by atoms with van der Waals surface area (Å²) in [5.74, 6) is 1.17. The summed E-state index contributed by atoms with van der Waals surface area (Å²) >= 11 is 1.64. The molecule has 0 bridgehead atoms. The van der Waals surface area contributed by atoms with Crippen LogP contribution in [-0.2, 0) is 16.4 Å². The number of sulfone groups is 1. The average Bonchev–Trinajstić information content (AvgIpc) is 2.47. The van der Waals surface area contributed by atoms with Crippen LogP contribution in [0.3, 0.4) is 0 Å². The van der Waals surface area contributed by atoms with Gasteiger partial charge in [0, 0.05) is 36.0 Å². The highest BCUT2D eigenvalue weighted by atomic mass is 32.2. The second-order valence-electron chi connectivity index (χ2n) is 5.02. The van der Waals surface area contributed by atoms with Gasteiger partial charge in [-0.3, -0.25) is 0 Å². The van der Waals surface area contributed by atoms with Crippen LogP contribution in [0.4, 0.5) is 10.1 Å². The maximum absolute atomic E-state index is 13.8. The Morgan fingerprint density at radius 1 is 1.43 bits per heavy atom. The van der Waals surface area contributed by atoms with Crippen LogP contribution in [-0.4, -0.2) is 44.6 Å². The second kappa shape index (κ2) is 6.98. The number of nitrogens with zero attached hydrogens (tertiary/aromatic N) is 1. The Morgan fingerprint density at radius 2 is 2.19 bits per heavy atom. The lowest BCUT2D eigenvalue weighted by Crippen LogP contribution is -2.48. The fraction of sp³-hybridized carbons (Fsp3) is 0.571. The highest BCUT2D eigenvalue weighted by Crippen LogP contribution is 2.28. The molecule has 1 aromatic rings. The number of thioether (sulfide) groups is 1. The molecular formula is C14H21FN2O2S2. The number of halogens is 1. The van der Waals surface area contributed by atoms with Crippen molar-refractivity contribution in [2.24, 2.45) is 0 Å². The van der Waals surface area contributed by atoms with Crippen LogP contribution in [0.2, 0.25) is 0 Å². The number of nitrogens with one attached hydrogen (secondary N) is 1. The third kappa shape index (κ3) is 3.90. The Morgan fingerprint density at radius 3 is 2.86 bits per heavy atom. The fourth-order valence-corrected chi connectivity index (χ4v) is 5.46. The Hall–Kier alpha value is -0.790. The van der Waals surface area contributed by atoms with Crippen molar-refractivity contribution in [3.05, 3.63) is 29.6 Å². The summed E-state index contributed by atoms with van der Waals surface area (Å²) in [5.41, 5.74) is 1.47. The summed E-state index contributed by atoms with van der Waals surface area (Å²) in [6, 6.07) is 4.77. The van der Waals surface area contributed by atoms with Crippen LogP contribution >= 0.6 is 11.8 Å². The molecule has 0 aliphatic carbocycles. The van der Waals surface area contributed by atoms with Crippen molar-refractivity contribution in [1.29, 1.82) is 0 Å². The molecule has 0 spiro atoms. The molecule has 118 valence electrons. The van der Waals surface area contributed by atoms with Crippen LogP contribution < -0.4 is 10.2 Å². The van der Waals surface area contributed by atoms with E-state index in [2.05, 4.69) is 5.32 Å². The molecule has 1 aliphatic heterocycles. The van der Waals surface area contributed by atoms with E-state index in [4.69, 9.17) is 0 Å². The first-order valence-corrected chi connectivity index (χ1v) is 9.85. The Bertz CT molecular complexity index is 593. The molecule has 1 fully saturated rings. The Labute approximate surface area is 130 Å². The molecule has 21 heavy (non-hydrogen) atoms. The zero-order valence-corrected chi connectivity index (χ0v) is 13.9. The first kappa shape index (κ1) is 16.6. The van der Waals surface area contributed by atoms with Gasteiger partial charge in [0.1, 0.15) is 11.2 Å². The lowest BCUT2D eigenvalue weighted by molar-refractivity contribution is 0.578. The zero-order valence-electron chi connectivity index (χ0n) is 12.3. The summed E-state index contributed by atoms with van der Waals surface area (Å²) in [5, 5.41) is 2.42. The number of anilines is 1. The lowest BCUT2D eigenvalue weighted by Gasteiger charge is -2.36. The topological polar surface area (TPSA) is 49.4 Å². The lowest BCUT2D eigenvalue weighted by atomic mass is 10.1. The maximum Gasteiger partial charge on any atom is 0.171 e. The number of benzene rings is 1. The molecule has 7 heteroatoms. The highest BCUT2D eigenvalue weighted by molar-refractivity contribution is 8.01. The molecule has 0 radical (unpaired) electrons.